The van der Waals surface area contributed by atoms with Gasteiger partial charge in [0.05, 0.1) is 12.1 Å². The van der Waals surface area contributed by atoms with Gasteiger partial charge in [-0.15, -0.1) is 0 Å². The molecular formula is C8H12N2O4. The molecule has 14 heavy (non-hydrogen) atoms. The lowest BCUT2D eigenvalue weighted by atomic mass is 10.1. The van der Waals surface area contributed by atoms with Crippen LogP contribution < -0.4 is 5.32 Å². The Morgan fingerprint density at radius 2 is 1.93 bits per heavy atom. The first-order valence-corrected chi connectivity index (χ1v) is 4.08. The van der Waals surface area contributed by atoms with Gasteiger partial charge in [-0.3, -0.25) is 14.9 Å². The van der Waals surface area contributed by atoms with Crippen LogP contribution >= 0.6 is 0 Å². The molecule has 78 valence electrons. The highest BCUT2D eigenvalue weighted by Gasteiger charge is 2.45. The SMILES string of the molecule is COCC(C)(C)N1C(=O)NC(=O)C1=O. The summed E-state index contributed by atoms with van der Waals surface area (Å²) in [6.45, 7) is 3.47. The highest BCUT2D eigenvalue weighted by molar-refractivity contribution is 6.45. The number of carbonyl (C=O) groups excluding carboxylic acids is 3. The van der Waals surface area contributed by atoms with E-state index in [0.717, 1.165) is 4.90 Å². The van der Waals surface area contributed by atoms with E-state index < -0.39 is 23.4 Å². The molecule has 1 rings (SSSR count). The molecule has 0 bridgehead atoms. The molecule has 0 aromatic carbocycles. The van der Waals surface area contributed by atoms with Gasteiger partial charge < -0.3 is 4.74 Å². The Morgan fingerprint density at radius 1 is 1.36 bits per heavy atom. The van der Waals surface area contributed by atoms with Gasteiger partial charge in [0.1, 0.15) is 0 Å². The zero-order valence-corrected chi connectivity index (χ0v) is 8.29. The van der Waals surface area contributed by atoms with E-state index in [9.17, 15) is 14.4 Å². The Morgan fingerprint density at radius 3 is 2.29 bits per heavy atom. The lowest BCUT2D eigenvalue weighted by Crippen LogP contribution is -2.51. The normalized spacial score (nSPS) is 17.6. The molecule has 0 spiro atoms. The van der Waals surface area contributed by atoms with Crippen molar-refractivity contribution < 1.29 is 19.1 Å². The molecule has 1 aliphatic heterocycles. The second-order valence-electron chi connectivity index (χ2n) is 3.65. The zero-order chi connectivity index (χ0) is 10.9. The summed E-state index contributed by atoms with van der Waals surface area (Å²) in [6.07, 6.45) is 0. The summed E-state index contributed by atoms with van der Waals surface area (Å²) in [4.78, 5) is 34.3. The molecule has 1 saturated heterocycles. The van der Waals surface area contributed by atoms with Crippen molar-refractivity contribution in [3.8, 4) is 0 Å². The van der Waals surface area contributed by atoms with Gasteiger partial charge in [-0.1, -0.05) is 0 Å². The van der Waals surface area contributed by atoms with E-state index in [4.69, 9.17) is 4.74 Å². The maximum Gasteiger partial charge on any atom is 0.332 e. The molecular weight excluding hydrogens is 188 g/mol. The zero-order valence-electron chi connectivity index (χ0n) is 8.29. The van der Waals surface area contributed by atoms with Crippen LogP contribution in [0, 0.1) is 0 Å². The molecule has 1 heterocycles. The molecule has 0 aromatic heterocycles. The van der Waals surface area contributed by atoms with Crippen LogP contribution in [0.15, 0.2) is 0 Å². The molecule has 0 aromatic rings. The summed E-state index contributed by atoms with van der Waals surface area (Å²) in [6, 6.07) is -0.693. The fraction of sp³-hybridized carbons (Fsp3) is 0.625. The number of hydrogen-bond donors (Lipinski definition) is 1. The predicted octanol–water partition coefficient (Wildman–Crippen LogP) is -0.510. The molecule has 0 atom stereocenters. The van der Waals surface area contributed by atoms with Crippen molar-refractivity contribution in [2.75, 3.05) is 13.7 Å². The number of urea groups is 1. The van der Waals surface area contributed by atoms with E-state index in [2.05, 4.69) is 0 Å². The molecule has 1 fully saturated rings. The summed E-state index contributed by atoms with van der Waals surface area (Å²) in [5, 5.41) is 1.92. The van der Waals surface area contributed by atoms with Gasteiger partial charge in [0, 0.05) is 7.11 Å². The van der Waals surface area contributed by atoms with Crippen molar-refractivity contribution >= 4 is 17.8 Å². The number of rotatable bonds is 3. The fourth-order valence-corrected chi connectivity index (χ4v) is 1.37. The number of imide groups is 2. The second-order valence-corrected chi connectivity index (χ2v) is 3.65. The molecule has 1 aliphatic rings. The summed E-state index contributed by atoms with van der Waals surface area (Å²) < 4.78 is 4.87. The molecule has 6 nitrogen and oxygen atoms in total. The Labute approximate surface area is 81.2 Å². The van der Waals surface area contributed by atoms with Crippen LogP contribution in [-0.2, 0) is 14.3 Å². The van der Waals surface area contributed by atoms with Crippen molar-refractivity contribution in [3.05, 3.63) is 0 Å². The van der Waals surface area contributed by atoms with Crippen molar-refractivity contribution in [2.24, 2.45) is 0 Å². The van der Waals surface area contributed by atoms with Gasteiger partial charge in [-0.2, -0.15) is 0 Å². The average Bonchev–Trinajstić information content (AvgIpc) is 2.26. The molecule has 0 aliphatic carbocycles. The monoisotopic (exact) mass is 200 g/mol. The third-order valence-electron chi connectivity index (χ3n) is 1.92. The Bertz CT molecular complexity index is 298. The molecule has 4 amide bonds. The number of nitrogens with one attached hydrogen (secondary N) is 1. The number of ether oxygens (including phenoxy) is 1. The minimum absolute atomic E-state index is 0.180. The lowest BCUT2D eigenvalue weighted by Gasteiger charge is -2.31. The minimum Gasteiger partial charge on any atom is -0.382 e. The van der Waals surface area contributed by atoms with Crippen molar-refractivity contribution in [3.63, 3.8) is 0 Å². The molecule has 0 radical (unpaired) electrons. The van der Waals surface area contributed by atoms with Crippen LogP contribution in [-0.4, -0.2) is 42.0 Å². The number of carbonyl (C=O) groups is 3. The summed E-state index contributed by atoms with van der Waals surface area (Å²) in [5.74, 6) is -1.73. The quantitative estimate of drug-likeness (QED) is 0.491. The minimum atomic E-state index is -0.890. The molecule has 6 heteroatoms. The summed E-state index contributed by atoms with van der Waals surface area (Å²) in [5.41, 5.74) is -0.817. The van der Waals surface area contributed by atoms with E-state index in [0.29, 0.717) is 0 Å². The van der Waals surface area contributed by atoms with Crippen LogP contribution in [0.5, 0.6) is 0 Å². The number of amides is 4. The van der Waals surface area contributed by atoms with E-state index in [1.165, 1.54) is 7.11 Å². The van der Waals surface area contributed by atoms with Crippen LogP contribution in [0.3, 0.4) is 0 Å². The Hall–Kier alpha value is -1.43. The maximum absolute atomic E-state index is 11.3. The number of hydrogen-bond acceptors (Lipinski definition) is 4. The van der Waals surface area contributed by atoms with Crippen LogP contribution in [0.2, 0.25) is 0 Å². The van der Waals surface area contributed by atoms with Gasteiger partial charge in [0.15, 0.2) is 0 Å². The largest absolute Gasteiger partial charge is 0.382 e. The fourth-order valence-electron chi connectivity index (χ4n) is 1.37. The number of nitrogens with zero attached hydrogens (tertiary/aromatic N) is 1. The Balaban J connectivity index is 2.92. The second kappa shape index (κ2) is 3.38. The molecule has 0 saturated carbocycles. The highest BCUT2D eigenvalue weighted by Crippen LogP contribution is 2.18. The number of methoxy groups -OCH3 is 1. The van der Waals surface area contributed by atoms with Crippen molar-refractivity contribution in [1.82, 2.24) is 10.2 Å². The summed E-state index contributed by atoms with van der Waals surface area (Å²) >= 11 is 0. The average molecular weight is 200 g/mol. The molecule has 0 unspecified atom stereocenters. The maximum atomic E-state index is 11.3. The van der Waals surface area contributed by atoms with E-state index in [1.807, 2.05) is 5.32 Å². The van der Waals surface area contributed by atoms with Gasteiger partial charge >= 0.3 is 17.8 Å². The molecule has 1 N–H and O–H groups in total. The predicted molar refractivity (Wildman–Crippen MR) is 46.3 cm³/mol. The van der Waals surface area contributed by atoms with Crippen molar-refractivity contribution in [1.29, 1.82) is 0 Å². The third kappa shape index (κ3) is 1.60. The van der Waals surface area contributed by atoms with Gasteiger partial charge in [-0.05, 0) is 13.8 Å². The highest BCUT2D eigenvalue weighted by atomic mass is 16.5. The van der Waals surface area contributed by atoms with Gasteiger partial charge in [0.25, 0.3) is 0 Å². The van der Waals surface area contributed by atoms with E-state index >= 15 is 0 Å². The first kappa shape index (κ1) is 10.6. The standard InChI is InChI=1S/C8H12N2O4/c1-8(2,4-14-3)10-6(12)5(11)9-7(10)13/h4H2,1-3H3,(H,9,11,13). The van der Waals surface area contributed by atoms with Gasteiger partial charge in [-0.25, -0.2) is 9.69 Å². The van der Waals surface area contributed by atoms with E-state index in [1.54, 1.807) is 13.8 Å². The first-order chi connectivity index (χ1) is 6.40. The van der Waals surface area contributed by atoms with Crippen LogP contribution in [0.25, 0.3) is 0 Å². The van der Waals surface area contributed by atoms with Gasteiger partial charge in [0.2, 0.25) is 0 Å². The van der Waals surface area contributed by atoms with Crippen molar-refractivity contribution in [2.45, 2.75) is 19.4 Å². The lowest BCUT2D eigenvalue weighted by molar-refractivity contribution is -0.143. The van der Waals surface area contributed by atoms with Crippen LogP contribution in [0.1, 0.15) is 13.8 Å². The first-order valence-electron chi connectivity index (χ1n) is 4.08. The Kier molecular flexibility index (Phi) is 2.57. The van der Waals surface area contributed by atoms with E-state index in [-0.39, 0.29) is 6.61 Å². The summed E-state index contributed by atoms with van der Waals surface area (Å²) in [7, 11) is 1.46. The topological polar surface area (TPSA) is 75.7 Å². The smallest absolute Gasteiger partial charge is 0.332 e. The van der Waals surface area contributed by atoms with Crippen LogP contribution in [0.4, 0.5) is 4.79 Å². The third-order valence-corrected chi connectivity index (χ3v) is 1.92.